The predicted octanol–water partition coefficient (Wildman–Crippen LogP) is 3.15. The molecule has 0 atom stereocenters. The van der Waals surface area contributed by atoms with Crippen molar-refractivity contribution in [1.82, 2.24) is 0 Å². The van der Waals surface area contributed by atoms with Gasteiger partial charge in [0.2, 0.25) is 5.91 Å². The van der Waals surface area contributed by atoms with Crippen LogP contribution in [-0.2, 0) is 22.4 Å². The summed E-state index contributed by atoms with van der Waals surface area (Å²) in [6, 6.07) is 0. The van der Waals surface area contributed by atoms with Crippen LogP contribution in [0.3, 0.4) is 0 Å². The number of hydrogen-bond acceptors (Lipinski definition) is 4. The van der Waals surface area contributed by atoms with Crippen LogP contribution in [0.2, 0.25) is 0 Å². The zero-order valence-electron chi connectivity index (χ0n) is 11.7. The van der Waals surface area contributed by atoms with Crippen molar-refractivity contribution in [3.63, 3.8) is 0 Å². The van der Waals surface area contributed by atoms with E-state index in [1.165, 1.54) is 12.0 Å². The van der Waals surface area contributed by atoms with Crippen LogP contribution in [-0.4, -0.2) is 19.0 Å². The van der Waals surface area contributed by atoms with E-state index < -0.39 is 0 Å². The van der Waals surface area contributed by atoms with Crippen LogP contribution in [0.25, 0.3) is 0 Å². The molecule has 5 heteroatoms. The Bertz CT molecular complexity index is 546. The Morgan fingerprint density at radius 2 is 1.95 bits per heavy atom. The Morgan fingerprint density at radius 1 is 1.20 bits per heavy atom. The first kappa shape index (κ1) is 13.6. The first-order valence-corrected chi connectivity index (χ1v) is 8.06. The fraction of sp³-hybridized carbons (Fsp3) is 0.600. The summed E-state index contributed by atoms with van der Waals surface area (Å²) in [6.07, 6.45) is 7.23. The highest BCUT2D eigenvalue weighted by molar-refractivity contribution is 7.17. The lowest BCUT2D eigenvalue weighted by atomic mass is 9.85. The summed E-state index contributed by atoms with van der Waals surface area (Å²) in [6.45, 7) is 0. The summed E-state index contributed by atoms with van der Waals surface area (Å²) in [4.78, 5) is 25.4. The molecule has 1 heterocycles. The molecule has 0 radical (unpaired) electrons. The molecule has 0 spiro atoms. The number of amides is 1. The number of rotatable bonds is 3. The largest absolute Gasteiger partial charge is 0.465 e. The van der Waals surface area contributed by atoms with E-state index in [-0.39, 0.29) is 17.8 Å². The van der Waals surface area contributed by atoms with Crippen molar-refractivity contribution in [3.8, 4) is 0 Å². The van der Waals surface area contributed by atoms with Gasteiger partial charge in [0.1, 0.15) is 5.00 Å². The van der Waals surface area contributed by atoms with E-state index in [1.807, 2.05) is 0 Å². The fourth-order valence-electron chi connectivity index (χ4n) is 2.86. The highest BCUT2D eigenvalue weighted by Crippen LogP contribution is 2.39. The van der Waals surface area contributed by atoms with Gasteiger partial charge >= 0.3 is 5.97 Å². The summed E-state index contributed by atoms with van der Waals surface area (Å²) in [5, 5.41) is 3.66. The Balaban J connectivity index is 1.90. The molecule has 1 fully saturated rings. The minimum Gasteiger partial charge on any atom is -0.465 e. The molecule has 1 saturated carbocycles. The summed E-state index contributed by atoms with van der Waals surface area (Å²) >= 11 is 1.55. The second-order valence-electron chi connectivity index (χ2n) is 5.52. The molecule has 1 amide bonds. The molecule has 1 N–H and O–H groups in total. The second kappa shape index (κ2) is 5.56. The first-order chi connectivity index (χ1) is 9.70. The number of methoxy groups -OCH3 is 1. The topological polar surface area (TPSA) is 55.4 Å². The van der Waals surface area contributed by atoms with Gasteiger partial charge in [-0.05, 0) is 44.1 Å². The van der Waals surface area contributed by atoms with E-state index in [4.69, 9.17) is 4.74 Å². The number of anilines is 1. The minimum absolute atomic E-state index is 0.0556. The molecule has 0 unspecified atom stereocenters. The van der Waals surface area contributed by atoms with Crippen LogP contribution in [0, 0.1) is 5.92 Å². The van der Waals surface area contributed by atoms with Gasteiger partial charge in [0.25, 0.3) is 0 Å². The minimum atomic E-state index is -0.326. The quantitative estimate of drug-likeness (QED) is 0.871. The third kappa shape index (κ3) is 2.35. The number of esters is 1. The second-order valence-corrected chi connectivity index (χ2v) is 6.63. The number of carbonyl (C=O) groups excluding carboxylic acids is 2. The van der Waals surface area contributed by atoms with Gasteiger partial charge in [0.15, 0.2) is 0 Å². The van der Waals surface area contributed by atoms with Crippen molar-refractivity contribution in [2.45, 2.75) is 44.9 Å². The van der Waals surface area contributed by atoms with Gasteiger partial charge in [-0.15, -0.1) is 11.3 Å². The van der Waals surface area contributed by atoms with Crippen LogP contribution in [0.1, 0.15) is 52.9 Å². The van der Waals surface area contributed by atoms with Crippen molar-refractivity contribution in [1.29, 1.82) is 0 Å². The molecule has 3 rings (SSSR count). The average Bonchev–Trinajstić information content (AvgIpc) is 2.73. The smallest absolute Gasteiger partial charge is 0.341 e. The van der Waals surface area contributed by atoms with Crippen LogP contribution in [0.4, 0.5) is 5.00 Å². The number of ether oxygens (including phenoxy) is 1. The number of hydrogen-bond donors (Lipinski definition) is 1. The molecule has 2 aliphatic rings. The van der Waals surface area contributed by atoms with Crippen LogP contribution < -0.4 is 5.32 Å². The van der Waals surface area contributed by atoms with E-state index in [0.717, 1.165) is 50.5 Å². The number of nitrogens with one attached hydrogen (secondary N) is 1. The maximum atomic E-state index is 12.1. The maximum Gasteiger partial charge on any atom is 0.341 e. The monoisotopic (exact) mass is 293 g/mol. The molecule has 0 saturated heterocycles. The number of aryl methyl sites for hydroxylation is 1. The summed E-state index contributed by atoms with van der Waals surface area (Å²) in [5.41, 5.74) is 1.69. The molecule has 0 bridgehead atoms. The van der Waals surface area contributed by atoms with Gasteiger partial charge in [-0.3, -0.25) is 4.79 Å². The highest BCUT2D eigenvalue weighted by atomic mass is 32.1. The summed E-state index contributed by atoms with van der Waals surface area (Å²) < 4.78 is 4.90. The number of carbonyl (C=O) groups is 2. The van der Waals surface area contributed by atoms with Gasteiger partial charge in [-0.25, -0.2) is 4.79 Å². The summed E-state index contributed by atoms with van der Waals surface area (Å²) in [5.74, 6) is -0.145. The molecule has 0 aromatic carbocycles. The van der Waals surface area contributed by atoms with Gasteiger partial charge in [-0.2, -0.15) is 0 Å². The van der Waals surface area contributed by atoms with Gasteiger partial charge in [0, 0.05) is 10.8 Å². The molecule has 108 valence electrons. The van der Waals surface area contributed by atoms with E-state index >= 15 is 0 Å². The van der Waals surface area contributed by atoms with Gasteiger partial charge < -0.3 is 10.1 Å². The van der Waals surface area contributed by atoms with Crippen molar-refractivity contribution in [2.75, 3.05) is 12.4 Å². The van der Waals surface area contributed by atoms with Crippen molar-refractivity contribution in [2.24, 2.45) is 5.92 Å². The SMILES string of the molecule is COC(=O)c1c(NC(=O)C2CCC2)sc2c1CCCC2. The fourth-order valence-corrected chi connectivity index (χ4v) is 4.14. The molecule has 20 heavy (non-hydrogen) atoms. The van der Waals surface area contributed by atoms with E-state index in [2.05, 4.69) is 5.32 Å². The average molecular weight is 293 g/mol. The lowest BCUT2D eigenvalue weighted by molar-refractivity contribution is -0.122. The van der Waals surface area contributed by atoms with Crippen LogP contribution in [0.15, 0.2) is 0 Å². The zero-order valence-corrected chi connectivity index (χ0v) is 12.5. The zero-order chi connectivity index (χ0) is 14.1. The van der Waals surface area contributed by atoms with Crippen molar-refractivity contribution in [3.05, 3.63) is 16.0 Å². The molecular formula is C15H19NO3S. The molecule has 0 aliphatic heterocycles. The van der Waals surface area contributed by atoms with E-state index in [9.17, 15) is 9.59 Å². The summed E-state index contributed by atoms with van der Waals surface area (Å²) in [7, 11) is 1.40. The Morgan fingerprint density at radius 3 is 2.60 bits per heavy atom. The molecular weight excluding hydrogens is 274 g/mol. The Hall–Kier alpha value is -1.36. The highest BCUT2D eigenvalue weighted by Gasteiger charge is 2.30. The first-order valence-electron chi connectivity index (χ1n) is 7.24. The third-order valence-corrected chi connectivity index (χ3v) is 5.48. The Labute approximate surface area is 122 Å². The number of thiophene rings is 1. The van der Waals surface area contributed by atoms with Crippen LogP contribution >= 0.6 is 11.3 Å². The molecule has 2 aliphatic carbocycles. The van der Waals surface area contributed by atoms with Crippen molar-refractivity contribution >= 4 is 28.2 Å². The van der Waals surface area contributed by atoms with Crippen molar-refractivity contribution < 1.29 is 14.3 Å². The predicted molar refractivity (Wildman–Crippen MR) is 78.3 cm³/mol. The van der Waals surface area contributed by atoms with E-state index in [1.54, 1.807) is 11.3 Å². The molecule has 4 nitrogen and oxygen atoms in total. The van der Waals surface area contributed by atoms with Crippen LogP contribution in [0.5, 0.6) is 0 Å². The molecule has 1 aromatic rings. The normalized spacial score (nSPS) is 18.1. The number of fused-ring (bicyclic) bond motifs is 1. The molecule has 1 aromatic heterocycles. The lowest BCUT2D eigenvalue weighted by Crippen LogP contribution is -2.28. The van der Waals surface area contributed by atoms with E-state index in [0.29, 0.717) is 10.6 Å². The lowest BCUT2D eigenvalue weighted by Gasteiger charge is -2.23. The van der Waals surface area contributed by atoms with Gasteiger partial charge in [-0.1, -0.05) is 6.42 Å². The maximum absolute atomic E-state index is 12.1. The van der Waals surface area contributed by atoms with Gasteiger partial charge in [0.05, 0.1) is 12.7 Å². The standard InChI is InChI=1S/C15H19NO3S/c1-19-15(18)12-10-7-2-3-8-11(10)20-14(12)16-13(17)9-5-4-6-9/h9H,2-8H2,1H3,(H,16,17). The third-order valence-electron chi connectivity index (χ3n) is 4.27. The Kier molecular flexibility index (Phi) is 3.78.